The van der Waals surface area contributed by atoms with E-state index in [2.05, 4.69) is 42.4 Å². The summed E-state index contributed by atoms with van der Waals surface area (Å²) in [6.45, 7) is -0.483. The summed E-state index contributed by atoms with van der Waals surface area (Å²) >= 11 is 6.68. The molecule has 0 radical (unpaired) electrons. The van der Waals surface area contributed by atoms with Gasteiger partial charge >= 0.3 is 11.9 Å². The van der Waals surface area contributed by atoms with Crippen molar-refractivity contribution in [2.45, 2.75) is 0 Å². The van der Waals surface area contributed by atoms with Crippen LogP contribution in [0.25, 0.3) is 11.0 Å². The van der Waals surface area contributed by atoms with Gasteiger partial charge in [0.05, 0.1) is 6.21 Å². The number of ether oxygens (including phenoxy) is 1. The minimum absolute atomic E-state index is 0.122. The molecular weight excluding hydrogens is 484 g/mol. The predicted molar refractivity (Wildman–Crippen MR) is 106 cm³/mol. The van der Waals surface area contributed by atoms with Gasteiger partial charge in [0.1, 0.15) is 11.3 Å². The zero-order valence-electron chi connectivity index (χ0n) is 13.6. The molecule has 0 spiro atoms. The van der Waals surface area contributed by atoms with Crippen molar-refractivity contribution in [3.8, 4) is 5.75 Å². The zero-order valence-corrected chi connectivity index (χ0v) is 16.8. The van der Waals surface area contributed by atoms with Crippen molar-refractivity contribution >= 4 is 60.9 Å². The molecule has 27 heavy (non-hydrogen) atoms. The fraction of sp³-hybridized carbons (Fsp3) is 0.0556. The van der Waals surface area contributed by atoms with Gasteiger partial charge < -0.3 is 14.3 Å². The SMILES string of the molecule is O=C(O)COc1ccc(Br)cc1/C=N/NC(=O)c1cc2cc(Br)ccc2o1. The van der Waals surface area contributed by atoms with Crippen LogP contribution in [0.1, 0.15) is 16.1 Å². The molecule has 1 heterocycles. The Balaban J connectivity index is 1.73. The zero-order chi connectivity index (χ0) is 19.4. The van der Waals surface area contributed by atoms with Crippen LogP contribution in [0.3, 0.4) is 0 Å². The standard InChI is InChI=1S/C18H12Br2N2O5/c19-12-2-4-15-10(5-12)7-16(27-15)18(25)22-21-8-11-6-13(20)1-3-14(11)26-9-17(23)24/h1-8H,9H2,(H,22,25)(H,23,24)/b21-8+. The number of furan rings is 1. The first-order chi connectivity index (χ1) is 12.9. The minimum Gasteiger partial charge on any atom is -0.481 e. The van der Waals surface area contributed by atoms with E-state index < -0.39 is 18.5 Å². The highest BCUT2D eigenvalue weighted by molar-refractivity contribution is 9.10. The van der Waals surface area contributed by atoms with Crippen molar-refractivity contribution in [1.82, 2.24) is 5.43 Å². The molecule has 1 amide bonds. The first-order valence-corrected chi connectivity index (χ1v) is 9.17. The number of carbonyl (C=O) groups excluding carboxylic acids is 1. The third-order valence-electron chi connectivity index (χ3n) is 3.39. The molecule has 0 aliphatic rings. The second-order valence-corrected chi connectivity index (χ2v) is 7.19. The van der Waals surface area contributed by atoms with Crippen LogP contribution < -0.4 is 10.2 Å². The fourth-order valence-electron chi connectivity index (χ4n) is 2.23. The molecule has 138 valence electrons. The molecule has 0 bridgehead atoms. The third kappa shape index (κ3) is 4.95. The van der Waals surface area contributed by atoms with E-state index in [0.29, 0.717) is 16.9 Å². The molecule has 9 heteroatoms. The van der Waals surface area contributed by atoms with E-state index in [1.165, 1.54) is 6.21 Å². The topological polar surface area (TPSA) is 101 Å². The monoisotopic (exact) mass is 494 g/mol. The highest BCUT2D eigenvalue weighted by atomic mass is 79.9. The largest absolute Gasteiger partial charge is 0.481 e. The molecular formula is C18H12Br2N2O5. The molecule has 1 aromatic heterocycles. The Kier molecular flexibility index (Phi) is 5.92. The molecule has 3 aromatic rings. The van der Waals surface area contributed by atoms with Crippen LogP contribution in [0.5, 0.6) is 5.75 Å². The van der Waals surface area contributed by atoms with Gasteiger partial charge in [-0.1, -0.05) is 31.9 Å². The summed E-state index contributed by atoms with van der Waals surface area (Å²) in [5.41, 5.74) is 3.46. The summed E-state index contributed by atoms with van der Waals surface area (Å²) in [6, 6.07) is 12.0. The van der Waals surface area contributed by atoms with Gasteiger partial charge in [-0.2, -0.15) is 5.10 Å². The first-order valence-electron chi connectivity index (χ1n) is 7.59. The summed E-state index contributed by atoms with van der Waals surface area (Å²) in [5, 5.41) is 13.4. The number of carboxylic acids is 1. The van der Waals surface area contributed by atoms with Gasteiger partial charge in [0.15, 0.2) is 12.4 Å². The van der Waals surface area contributed by atoms with Crippen LogP contribution in [0.2, 0.25) is 0 Å². The van der Waals surface area contributed by atoms with E-state index >= 15 is 0 Å². The van der Waals surface area contributed by atoms with Crippen molar-refractivity contribution in [3.63, 3.8) is 0 Å². The molecule has 0 aliphatic heterocycles. The number of aliphatic carboxylic acids is 1. The van der Waals surface area contributed by atoms with E-state index in [0.717, 1.165) is 14.3 Å². The van der Waals surface area contributed by atoms with Crippen molar-refractivity contribution < 1.29 is 23.8 Å². The maximum atomic E-state index is 12.2. The molecule has 7 nitrogen and oxygen atoms in total. The number of nitrogens with zero attached hydrogens (tertiary/aromatic N) is 1. The van der Waals surface area contributed by atoms with Crippen LogP contribution in [-0.4, -0.2) is 29.8 Å². The number of carbonyl (C=O) groups is 2. The lowest BCUT2D eigenvalue weighted by atomic mass is 10.2. The van der Waals surface area contributed by atoms with Crippen LogP contribution in [-0.2, 0) is 4.79 Å². The van der Waals surface area contributed by atoms with Crippen molar-refractivity contribution in [2.24, 2.45) is 5.10 Å². The van der Waals surface area contributed by atoms with Gasteiger partial charge in [0, 0.05) is 19.9 Å². The lowest BCUT2D eigenvalue weighted by Crippen LogP contribution is -2.17. The normalized spacial score (nSPS) is 11.0. The number of carboxylic acid groups (broad SMARTS) is 1. The molecule has 0 aliphatic carbocycles. The molecule has 2 aromatic carbocycles. The van der Waals surface area contributed by atoms with Crippen LogP contribution in [0, 0.1) is 0 Å². The van der Waals surface area contributed by atoms with Gasteiger partial charge in [-0.25, -0.2) is 10.2 Å². The second kappa shape index (κ2) is 8.36. The maximum absolute atomic E-state index is 12.2. The number of amides is 1. The van der Waals surface area contributed by atoms with Crippen LogP contribution in [0.4, 0.5) is 0 Å². The number of fused-ring (bicyclic) bond motifs is 1. The molecule has 0 saturated carbocycles. The molecule has 0 saturated heterocycles. The first kappa shape index (κ1) is 19.1. The van der Waals surface area contributed by atoms with Crippen molar-refractivity contribution in [2.75, 3.05) is 6.61 Å². The highest BCUT2D eigenvalue weighted by Gasteiger charge is 2.12. The number of hydrogen-bond acceptors (Lipinski definition) is 5. The van der Waals surface area contributed by atoms with Crippen molar-refractivity contribution in [3.05, 3.63) is 62.7 Å². The van der Waals surface area contributed by atoms with E-state index in [9.17, 15) is 9.59 Å². The number of rotatable bonds is 6. The van der Waals surface area contributed by atoms with Gasteiger partial charge in [-0.15, -0.1) is 0 Å². The number of nitrogens with one attached hydrogen (secondary N) is 1. The van der Waals surface area contributed by atoms with Gasteiger partial charge in [0.25, 0.3) is 0 Å². The van der Waals surface area contributed by atoms with E-state index in [4.69, 9.17) is 14.3 Å². The summed E-state index contributed by atoms with van der Waals surface area (Å²) in [7, 11) is 0. The Morgan fingerprint density at radius 2 is 1.89 bits per heavy atom. The number of halogens is 2. The predicted octanol–water partition coefficient (Wildman–Crippen LogP) is 4.19. The Bertz CT molecular complexity index is 1050. The summed E-state index contributed by atoms with van der Waals surface area (Å²) in [5.74, 6) is -1.16. The van der Waals surface area contributed by atoms with Crippen LogP contribution >= 0.6 is 31.9 Å². The van der Waals surface area contributed by atoms with Gasteiger partial charge in [-0.3, -0.25) is 4.79 Å². The molecule has 0 atom stereocenters. The highest BCUT2D eigenvalue weighted by Crippen LogP contribution is 2.24. The summed E-state index contributed by atoms with van der Waals surface area (Å²) in [4.78, 5) is 22.9. The number of benzene rings is 2. The van der Waals surface area contributed by atoms with E-state index in [-0.39, 0.29) is 5.76 Å². The lowest BCUT2D eigenvalue weighted by molar-refractivity contribution is -0.139. The van der Waals surface area contributed by atoms with E-state index in [1.807, 2.05) is 12.1 Å². The third-order valence-corrected chi connectivity index (χ3v) is 4.38. The Morgan fingerprint density at radius 1 is 1.15 bits per heavy atom. The molecule has 3 rings (SSSR count). The average Bonchev–Trinajstić information content (AvgIpc) is 3.04. The van der Waals surface area contributed by atoms with Gasteiger partial charge in [0.2, 0.25) is 0 Å². The summed E-state index contributed by atoms with van der Waals surface area (Å²) in [6.07, 6.45) is 1.36. The quantitative estimate of drug-likeness (QED) is 0.394. The average molecular weight is 496 g/mol. The Labute approximate surface area is 170 Å². The number of hydrogen-bond donors (Lipinski definition) is 2. The summed E-state index contributed by atoms with van der Waals surface area (Å²) < 4.78 is 12.3. The molecule has 0 unspecified atom stereocenters. The van der Waals surface area contributed by atoms with Crippen molar-refractivity contribution in [1.29, 1.82) is 0 Å². The molecule has 2 N–H and O–H groups in total. The van der Waals surface area contributed by atoms with Crippen LogP contribution in [0.15, 0.2) is 60.9 Å². The maximum Gasteiger partial charge on any atom is 0.341 e. The second-order valence-electron chi connectivity index (χ2n) is 5.36. The van der Waals surface area contributed by atoms with E-state index in [1.54, 1.807) is 30.3 Å². The Morgan fingerprint density at radius 3 is 2.67 bits per heavy atom. The minimum atomic E-state index is -1.09. The smallest absolute Gasteiger partial charge is 0.341 e. The Hall–Kier alpha value is -2.65. The molecule has 0 fully saturated rings. The lowest BCUT2D eigenvalue weighted by Gasteiger charge is -2.07. The van der Waals surface area contributed by atoms with Gasteiger partial charge in [-0.05, 0) is 42.5 Å². The number of hydrazone groups is 1. The fourth-order valence-corrected chi connectivity index (χ4v) is 2.99.